The lowest BCUT2D eigenvalue weighted by atomic mass is 10.1. The Morgan fingerprint density at radius 2 is 2.14 bits per heavy atom. The molecule has 1 aromatic rings. The summed E-state index contributed by atoms with van der Waals surface area (Å²) >= 11 is 0. The zero-order valence-corrected chi connectivity index (χ0v) is 7.74. The maximum Gasteiger partial charge on any atom is 0.159 e. The highest BCUT2D eigenvalue weighted by atomic mass is 16.5. The molecule has 0 heterocycles. The van der Waals surface area contributed by atoms with Crippen molar-refractivity contribution in [3.8, 4) is 17.9 Å². The number of ether oxygens (including phenoxy) is 1. The average molecular weight is 187 g/mol. The molecule has 0 fully saturated rings. The first kappa shape index (κ1) is 9.88. The molecule has 2 N–H and O–H groups in total. The minimum atomic E-state index is 0.239. The molecule has 0 aliphatic rings. The van der Waals surface area contributed by atoms with E-state index < -0.39 is 0 Å². The van der Waals surface area contributed by atoms with Crippen LogP contribution in [0, 0.1) is 22.7 Å². The van der Waals surface area contributed by atoms with Crippen molar-refractivity contribution in [2.24, 2.45) is 0 Å². The van der Waals surface area contributed by atoms with E-state index in [1.807, 2.05) is 12.1 Å². The van der Waals surface area contributed by atoms with Crippen LogP contribution in [0.2, 0.25) is 0 Å². The summed E-state index contributed by atoms with van der Waals surface area (Å²) < 4.78 is 4.97. The first-order valence-electron chi connectivity index (χ1n) is 3.96. The molecule has 0 atom stereocenters. The summed E-state index contributed by atoms with van der Waals surface area (Å²) in [4.78, 5) is 0. The van der Waals surface area contributed by atoms with E-state index in [-0.39, 0.29) is 6.42 Å². The van der Waals surface area contributed by atoms with Crippen LogP contribution in [0.15, 0.2) is 12.1 Å². The zero-order chi connectivity index (χ0) is 10.6. The van der Waals surface area contributed by atoms with Gasteiger partial charge in [0.05, 0.1) is 30.9 Å². The maximum absolute atomic E-state index is 8.80. The number of nitriles is 2. The van der Waals surface area contributed by atoms with Crippen LogP contribution >= 0.6 is 0 Å². The van der Waals surface area contributed by atoms with Gasteiger partial charge in [0.2, 0.25) is 0 Å². The van der Waals surface area contributed by atoms with Crippen molar-refractivity contribution in [2.45, 2.75) is 6.42 Å². The molecule has 0 radical (unpaired) electrons. The lowest BCUT2D eigenvalue weighted by Gasteiger charge is -2.07. The lowest BCUT2D eigenvalue weighted by Crippen LogP contribution is -1.97. The van der Waals surface area contributed by atoms with Crippen molar-refractivity contribution < 1.29 is 4.74 Å². The molecular weight excluding hydrogens is 178 g/mol. The molecule has 14 heavy (non-hydrogen) atoms. The quantitative estimate of drug-likeness (QED) is 0.705. The van der Waals surface area contributed by atoms with Crippen molar-refractivity contribution >= 4 is 5.69 Å². The molecule has 4 heteroatoms. The fraction of sp³-hybridized carbons (Fsp3) is 0.200. The molecule has 70 valence electrons. The van der Waals surface area contributed by atoms with Gasteiger partial charge in [0.25, 0.3) is 0 Å². The predicted octanol–water partition coefficient (Wildman–Crippen LogP) is 1.22. The number of hydrogen-bond acceptors (Lipinski definition) is 4. The smallest absolute Gasteiger partial charge is 0.159 e. The zero-order valence-electron chi connectivity index (χ0n) is 7.74. The molecule has 0 aliphatic heterocycles. The van der Waals surface area contributed by atoms with E-state index in [1.54, 1.807) is 12.1 Å². The maximum atomic E-state index is 8.80. The van der Waals surface area contributed by atoms with Gasteiger partial charge in [0.15, 0.2) is 5.75 Å². The Labute approximate surface area is 82.1 Å². The molecule has 0 bridgehead atoms. The van der Waals surface area contributed by atoms with E-state index in [4.69, 9.17) is 21.0 Å². The fourth-order valence-corrected chi connectivity index (χ4v) is 1.22. The number of anilines is 1. The van der Waals surface area contributed by atoms with Crippen LogP contribution in [-0.2, 0) is 6.42 Å². The summed E-state index contributed by atoms with van der Waals surface area (Å²) in [7, 11) is 1.45. The van der Waals surface area contributed by atoms with E-state index in [0.29, 0.717) is 17.0 Å². The number of hydrogen-bond donors (Lipinski definition) is 1. The second kappa shape index (κ2) is 4.15. The van der Waals surface area contributed by atoms with Gasteiger partial charge in [0.1, 0.15) is 6.07 Å². The Kier molecular flexibility index (Phi) is 2.93. The summed E-state index contributed by atoms with van der Waals surface area (Å²) in [5.74, 6) is 0.370. The summed E-state index contributed by atoms with van der Waals surface area (Å²) in [6.07, 6.45) is 0.239. The molecule has 1 aromatic carbocycles. The number of benzene rings is 1. The fourth-order valence-electron chi connectivity index (χ4n) is 1.22. The van der Waals surface area contributed by atoms with E-state index in [0.717, 1.165) is 5.56 Å². The van der Waals surface area contributed by atoms with Crippen LogP contribution in [0.5, 0.6) is 5.75 Å². The monoisotopic (exact) mass is 187 g/mol. The van der Waals surface area contributed by atoms with Crippen molar-refractivity contribution in [1.82, 2.24) is 0 Å². The van der Waals surface area contributed by atoms with Crippen LogP contribution in [0.1, 0.15) is 11.1 Å². The highest BCUT2D eigenvalue weighted by molar-refractivity contribution is 5.62. The number of nitrogens with two attached hydrogens (primary N) is 1. The molecule has 0 unspecified atom stereocenters. The Balaban J connectivity index is 3.27. The lowest BCUT2D eigenvalue weighted by molar-refractivity contribution is 0.415. The largest absolute Gasteiger partial charge is 0.493 e. The predicted molar refractivity (Wildman–Crippen MR) is 51.4 cm³/mol. The molecule has 0 saturated heterocycles. The van der Waals surface area contributed by atoms with Gasteiger partial charge in [-0.25, -0.2) is 0 Å². The minimum Gasteiger partial charge on any atom is -0.493 e. The highest BCUT2D eigenvalue weighted by Gasteiger charge is 2.08. The summed E-state index contributed by atoms with van der Waals surface area (Å²) in [5.41, 5.74) is 7.12. The van der Waals surface area contributed by atoms with Gasteiger partial charge in [-0.05, 0) is 17.7 Å². The van der Waals surface area contributed by atoms with Crippen molar-refractivity contribution in [1.29, 1.82) is 10.5 Å². The Morgan fingerprint density at radius 3 is 2.64 bits per heavy atom. The molecule has 4 nitrogen and oxygen atoms in total. The highest BCUT2D eigenvalue weighted by Crippen LogP contribution is 2.27. The number of nitrogen functional groups attached to an aromatic ring is 1. The van der Waals surface area contributed by atoms with Gasteiger partial charge in [-0.1, -0.05) is 0 Å². The van der Waals surface area contributed by atoms with Crippen molar-refractivity contribution in [3.05, 3.63) is 23.3 Å². The molecule has 0 aliphatic carbocycles. The van der Waals surface area contributed by atoms with Crippen molar-refractivity contribution in [2.75, 3.05) is 12.8 Å². The van der Waals surface area contributed by atoms with E-state index in [2.05, 4.69) is 0 Å². The third-order valence-electron chi connectivity index (χ3n) is 1.79. The minimum absolute atomic E-state index is 0.239. The van der Waals surface area contributed by atoms with Gasteiger partial charge < -0.3 is 10.5 Å². The average Bonchev–Trinajstić information content (AvgIpc) is 2.17. The number of rotatable bonds is 2. The van der Waals surface area contributed by atoms with Crippen LogP contribution in [0.3, 0.4) is 0 Å². The molecular formula is C10H9N3O. The Hall–Kier alpha value is -2.20. The number of nitrogens with zero attached hydrogens (tertiary/aromatic N) is 2. The van der Waals surface area contributed by atoms with Gasteiger partial charge in [0, 0.05) is 0 Å². The van der Waals surface area contributed by atoms with Crippen molar-refractivity contribution in [3.63, 3.8) is 0 Å². The molecule has 0 aromatic heterocycles. The van der Waals surface area contributed by atoms with Crippen LogP contribution in [0.25, 0.3) is 0 Å². The van der Waals surface area contributed by atoms with Crippen LogP contribution in [-0.4, -0.2) is 7.11 Å². The standard InChI is InChI=1S/C10H9N3O/c1-14-10-8(6-12)4-7(2-3-11)5-9(10)13/h4-5H,2,13H2,1H3. The van der Waals surface area contributed by atoms with Crippen LogP contribution < -0.4 is 10.5 Å². The van der Waals surface area contributed by atoms with E-state index in [9.17, 15) is 0 Å². The van der Waals surface area contributed by atoms with Gasteiger partial charge >= 0.3 is 0 Å². The first-order chi connectivity index (χ1) is 6.72. The summed E-state index contributed by atoms with van der Waals surface area (Å²) in [5, 5.41) is 17.3. The van der Waals surface area contributed by atoms with Gasteiger partial charge in [-0.2, -0.15) is 10.5 Å². The second-order valence-electron chi connectivity index (χ2n) is 2.71. The summed E-state index contributed by atoms with van der Waals surface area (Å²) in [6.45, 7) is 0. The van der Waals surface area contributed by atoms with E-state index >= 15 is 0 Å². The van der Waals surface area contributed by atoms with E-state index in [1.165, 1.54) is 7.11 Å². The summed E-state index contributed by atoms with van der Waals surface area (Å²) in [6, 6.07) is 7.22. The topological polar surface area (TPSA) is 82.8 Å². The third-order valence-corrected chi connectivity index (χ3v) is 1.79. The molecule has 0 amide bonds. The SMILES string of the molecule is COc1c(N)cc(CC#N)cc1C#N. The normalized spacial score (nSPS) is 8.79. The number of methoxy groups -OCH3 is 1. The Morgan fingerprint density at radius 1 is 1.43 bits per heavy atom. The van der Waals surface area contributed by atoms with Gasteiger partial charge in [-0.15, -0.1) is 0 Å². The second-order valence-corrected chi connectivity index (χ2v) is 2.71. The molecule has 0 saturated carbocycles. The molecule has 1 rings (SSSR count). The van der Waals surface area contributed by atoms with Gasteiger partial charge in [-0.3, -0.25) is 0 Å². The molecule has 0 spiro atoms. The van der Waals surface area contributed by atoms with Crippen LogP contribution in [0.4, 0.5) is 5.69 Å². The Bertz CT molecular complexity index is 426. The third kappa shape index (κ3) is 1.75. The first-order valence-corrected chi connectivity index (χ1v) is 3.96.